The van der Waals surface area contributed by atoms with Crippen LogP contribution in [0.2, 0.25) is 0 Å². The Labute approximate surface area is 133 Å². The van der Waals surface area contributed by atoms with Crippen LogP contribution in [0.15, 0.2) is 47.1 Å². The van der Waals surface area contributed by atoms with E-state index in [9.17, 15) is 14.6 Å². The molecule has 0 aliphatic rings. The first-order chi connectivity index (χ1) is 10.5. The molecule has 0 saturated heterocycles. The fourth-order valence-corrected chi connectivity index (χ4v) is 2.26. The lowest BCUT2D eigenvalue weighted by Crippen LogP contribution is -1.87. The van der Waals surface area contributed by atoms with Gasteiger partial charge in [-0.15, -0.1) is 0 Å². The first-order valence-corrected chi connectivity index (χ1v) is 7.03. The number of benzene rings is 2. The lowest BCUT2D eigenvalue weighted by Gasteiger charge is -2.08. The molecule has 0 bridgehead atoms. The van der Waals surface area contributed by atoms with E-state index in [1.807, 2.05) is 0 Å². The first-order valence-electron chi connectivity index (χ1n) is 6.23. The van der Waals surface area contributed by atoms with Gasteiger partial charge in [0.15, 0.2) is 5.75 Å². The number of phenols is 2. The van der Waals surface area contributed by atoms with Crippen molar-refractivity contribution in [2.75, 3.05) is 0 Å². The van der Waals surface area contributed by atoms with Crippen LogP contribution in [0.1, 0.15) is 0 Å². The van der Waals surface area contributed by atoms with Crippen molar-refractivity contribution in [3.63, 3.8) is 0 Å². The predicted octanol–water partition coefficient (Wildman–Crippen LogP) is 4.18. The van der Waals surface area contributed by atoms with Crippen molar-refractivity contribution < 1.29 is 19.3 Å². The van der Waals surface area contributed by atoms with Gasteiger partial charge >= 0.3 is 0 Å². The van der Waals surface area contributed by atoms with Gasteiger partial charge in [0.2, 0.25) is 0 Å². The van der Waals surface area contributed by atoms with Crippen molar-refractivity contribution in [1.29, 1.82) is 0 Å². The Hall–Kier alpha value is -2.54. The highest BCUT2D eigenvalue weighted by molar-refractivity contribution is 9.10. The number of hydrogen-bond acceptors (Lipinski definition) is 4. The molecule has 3 aromatic rings. The summed E-state index contributed by atoms with van der Waals surface area (Å²) in [6.07, 6.45) is 1.51. The monoisotopic (exact) mass is 364 g/mol. The highest BCUT2D eigenvalue weighted by atomic mass is 79.9. The zero-order chi connectivity index (χ0) is 15.7. The van der Waals surface area contributed by atoms with E-state index in [1.54, 1.807) is 0 Å². The number of hydrogen-bond donors (Lipinski definition) is 3. The summed E-state index contributed by atoms with van der Waals surface area (Å²) in [6.45, 7) is 0. The molecule has 3 N–H and O–H groups in total. The third-order valence-electron chi connectivity index (χ3n) is 2.97. The molecule has 5 nitrogen and oxygen atoms in total. The second-order valence-electron chi connectivity index (χ2n) is 4.47. The minimum absolute atomic E-state index is 0.0854. The lowest BCUT2D eigenvalue weighted by atomic mass is 10.1. The summed E-state index contributed by atoms with van der Waals surface area (Å²) in [4.78, 5) is 0. The number of aromatic amines is 1. The van der Waals surface area contributed by atoms with Gasteiger partial charge in [0.1, 0.15) is 28.8 Å². The predicted molar refractivity (Wildman–Crippen MR) is 81.5 cm³/mol. The Balaban J connectivity index is 1.99. The maximum Gasteiger partial charge on any atom is 0.173 e. The number of halogens is 2. The van der Waals surface area contributed by atoms with Gasteiger partial charge in [0.25, 0.3) is 0 Å². The molecule has 0 saturated carbocycles. The molecule has 0 radical (unpaired) electrons. The van der Waals surface area contributed by atoms with E-state index < -0.39 is 0 Å². The van der Waals surface area contributed by atoms with Crippen LogP contribution >= 0.6 is 15.9 Å². The van der Waals surface area contributed by atoms with Crippen molar-refractivity contribution >= 4 is 15.9 Å². The van der Waals surface area contributed by atoms with Gasteiger partial charge in [-0.3, -0.25) is 5.10 Å². The molecule has 2 aromatic carbocycles. The summed E-state index contributed by atoms with van der Waals surface area (Å²) in [5.74, 6) is 0.204. The van der Waals surface area contributed by atoms with Crippen molar-refractivity contribution in [2.45, 2.75) is 0 Å². The van der Waals surface area contributed by atoms with Gasteiger partial charge < -0.3 is 14.9 Å². The summed E-state index contributed by atoms with van der Waals surface area (Å²) >= 11 is 3.18. The minimum Gasteiger partial charge on any atom is -0.507 e. The normalized spacial score (nSPS) is 10.6. The Morgan fingerprint density at radius 1 is 1.09 bits per heavy atom. The SMILES string of the molecule is Oc1cc(O)c(-c2n[nH]cc2Oc2ccc(F)cc2)cc1Br. The van der Waals surface area contributed by atoms with E-state index in [0.29, 0.717) is 27.2 Å². The van der Waals surface area contributed by atoms with Gasteiger partial charge in [-0.1, -0.05) is 0 Å². The molecule has 7 heteroatoms. The van der Waals surface area contributed by atoms with E-state index in [1.165, 1.54) is 42.6 Å². The Morgan fingerprint density at radius 2 is 1.82 bits per heavy atom. The van der Waals surface area contributed by atoms with Crippen molar-refractivity contribution in [3.8, 4) is 34.3 Å². The quantitative estimate of drug-likeness (QED) is 0.651. The highest BCUT2D eigenvalue weighted by Gasteiger charge is 2.16. The van der Waals surface area contributed by atoms with Crippen LogP contribution in [0.3, 0.4) is 0 Å². The number of aromatic nitrogens is 2. The average Bonchev–Trinajstić information content (AvgIpc) is 2.93. The molecule has 0 amide bonds. The van der Waals surface area contributed by atoms with Gasteiger partial charge in [0.05, 0.1) is 10.7 Å². The van der Waals surface area contributed by atoms with Gasteiger partial charge in [-0.05, 0) is 46.3 Å². The van der Waals surface area contributed by atoms with Gasteiger partial charge in [-0.2, -0.15) is 5.10 Å². The third-order valence-corrected chi connectivity index (χ3v) is 3.60. The summed E-state index contributed by atoms with van der Waals surface area (Å²) in [5.41, 5.74) is 0.741. The van der Waals surface area contributed by atoms with E-state index in [2.05, 4.69) is 26.1 Å². The molecule has 0 aliphatic heterocycles. The second kappa shape index (κ2) is 5.69. The van der Waals surface area contributed by atoms with Crippen LogP contribution in [-0.4, -0.2) is 20.4 Å². The zero-order valence-electron chi connectivity index (χ0n) is 11.0. The zero-order valence-corrected chi connectivity index (χ0v) is 12.6. The van der Waals surface area contributed by atoms with E-state index in [-0.39, 0.29) is 17.3 Å². The van der Waals surface area contributed by atoms with Crippen LogP contribution in [-0.2, 0) is 0 Å². The Kier molecular flexibility index (Phi) is 3.72. The molecule has 112 valence electrons. The molecule has 22 heavy (non-hydrogen) atoms. The number of nitrogens with zero attached hydrogens (tertiary/aromatic N) is 1. The average molecular weight is 365 g/mol. The number of nitrogens with one attached hydrogen (secondary N) is 1. The van der Waals surface area contributed by atoms with Crippen molar-refractivity contribution in [2.24, 2.45) is 0 Å². The third kappa shape index (κ3) is 2.75. The van der Waals surface area contributed by atoms with Crippen LogP contribution in [0.4, 0.5) is 4.39 Å². The van der Waals surface area contributed by atoms with Crippen LogP contribution in [0.25, 0.3) is 11.3 Å². The van der Waals surface area contributed by atoms with Crippen LogP contribution in [0.5, 0.6) is 23.0 Å². The molecular weight excluding hydrogens is 355 g/mol. The molecule has 0 aliphatic carbocycles. The molecule has 1 aromatic heterocycles. The summed E-state index contributed by atoms with van der Waals surface area (Å²) in [5, 5.41) is 26.2. The maximum atomic E-state index is 12.9. The number of rotatable bonds is 3. The summed E-state index contributed by atoms with van der Waals surface area (Å²) in [6, 6.07) is 8.26. The molecule has 0 atom stereocenters. The number of H-pyrrole nitrogens is 1. The highest BCUT2D eigenvalue weighted by Crippen LogP contribution is 2.40. The lowest BCUT2D eigenvalue weighted by molar-refractivity contribution is 0.448. The Bertz CT molecular complexity index is 818. The van der Waals surface area contributed by atoms with Crippen molar-refractivity contribution in [1.82, 2.24) is 10.2 Å². The van der Waals surface area contributed by atoms with Crippen LogP contribution in [0, 0.1) is 5.82 Å². The van der Waals surface area contributed by atoms with Crippen molar-refractivity contribution in [3.05, 3.63) is 52.9 Å². The molecule has 0 unspecified atom stereocenters. The van der Waals surface area contributed by atoms with E-state index in [4.69, 9.17) is 4.74 Å². The summed E-state index contributed by atoms with van der Waals surface area (Å²) < 4.78 is 19.0. The second-order valence-corrected chi connectivity index (χ2v) is 5.33. The fraction of sp³-hybridized carbons (Fsp3) is 0. The molecule has 1 heterocycles. The van der Waals surface area contributed by atoms with Gasteiger partial charge in [0, 0.05) is 11.6 Å². The molecule has 0 spiro atoms. The van der Waals surface area contributed by atoms with Crippen LogP contribution < -0.4 is 4.74 Å². The fourth-order valence-electron chi connectivity index (χ4n) is 1.92. The topological polar surface area (TPSA) is 78.4 Å². The largest absolute Gasteiger partial charge is 0.507 e. The smallest absolute Gasteiger partial charge is 0.173 e. The molecule has 3 rings (SSSR count). The maximum absolute atomic E-state index is 12.9. The number of ether oxygens (including phenoxy) is 1. The minimum atomic E-state index is -0.361. The van der Waals surface area contributed by atoms with Gasteiger partial charge in [-0.25, -0.2) is 4.39 Å². The summed E-state index contributed by atoms with van der Waals surface area (Å²) in [7, 11) is 0. The molecular formula is C15H10BrFN2O3. The number of phenolic OH excluding ortho intramolecular Hbond substituents is 2. The number of aromatic hydroxyl groups is 2. The first kappa shape index (κ1) is 14.4. The Morgan fingerprint density at radius 3 is 2.55 bits per heavy atom. The van der Waals surface area contributed by atoms with E-state index >= 15 is 0 Å². The van der Waals surface area contributed by atoms with E-state index in [0.717, 1.165) is 0 Å². The standard InChI is InChI=1S/C15H10BrFN2O3/c16-11-5-10(12(20)6-13(11)21)15-14(7-18-19-15)22-9-3-1-8(17)2-4-9/h1-7,20-21H,(H,18,19). The molecule has 0 fully saturated rings.